The van der Waals surface area contributed by atoms with Crippen LogP contribution >= 0.6 is 0 Å². The summed E-state index contributed by atoms with van der Waals surface area (Å²) in [7, 11) is 0. The van der Waals surface area contributed by atoms with Crippen LogP contribution in [0.2, 0.25) is 0 Å². The largest absolute Gasteiger partial charge is 0.329 e. The highest BCUT2D eigenvalue weighted by molar-refractivity contribution is 5.79. The predicted molar refractivity (Wildman–Crippen MR) is 42.6 cm³/mol. The average Bonchev–Trinajstić information content (AvgIpc) is 2.07. The fourth-order valence-corrected chi connectivity index (χ4v) is 1.25. The summed E-state index contributed by atoms with van der Waals surface area (Å²) < 4.78 is 0. The van der Waals surface area contributed by atoms with Crippen LogP contribution in [0.5, 0.6) is 0 Å². The van der Waals surface area contributed by atoms with Crippen molar-refractivity contribution >= 4 is 5.91 Å². The van der Waals surface area contributed by atoms with Gasteiger partial charge in [0.05, 0.1) is 0 Å². The number of carbonyl (C=O) groups is 1. The number of nitrogens with zero attached hydrogens (tertiary/aromatic N) is 1. The fraction of sp³-hybridized carbons (Fsp3) is 0.857. The Kier molecular flexibility index (Phi) is 2.15. The predicted octanol–water partition coefficient (Wildman–Crippen LogP) is -0.539. The molecule has 0 bridgehead atoms. The molecule has 0 aromatic rings. The molecule has 0 atom stereocenters. The van der Waals surface area contributed by atoms with E-state index >= 15 is 0 Å². The Labute approximate surface area is 66.7 Å². The molecular formula is C7H15N3O. The maximum Gasteiger partial charge on any atom is 0.238 e. The zero-order valence-electron chi connectivity index (χ0n) is 7.05. The number of rotatable bonds is 2. The van der Waals surface area contributed by atoms with Crippen LogP contribution in [0.25, 0.3) is 0 Å². The van der Waals surface area contributed by atoms with E-state index in [1.807, 2.05) is 13.8 Å². The van der Waals surface area contributed by atoms with Gasteiger partial charge in [-0.3, -0.25) is 9.80 Å². The van der Waals surface area contributed by atoms with Gasteiger partial charge in [0.25, 0.3) is 0 Å². The SMILES string of the molecule is CC1(C)CC(=O)N(CCN)N1. The Bertz CT molecular complexity index is 167. The molecule has 1 aliphatic rings. The minimum Gasteiger partial charge on any atom is -0.329 e. The molecule has 64 valence electrons. The first-order valence-electron chi connectivity index (χ1n) is 3.83. The van der Waals surface area contributed by atoms with Gasteiger partial charge in [0.1, 0.15) is 0 Å². The minimum atomic E-state index is -0.0910. The van der Waals surface area contributed by atoms with Gasteiger partial charge in [-0.15, -0.1) is 0 Å². The van der Waals surface area contributed by atoms with Gasteiger partial charge in [0, 0.05) is 25.0 Å². The lowest BCUT2D eigenvalue weighted by atomic mass is 10.0. The molecule has 11 heavy (non-hydrogen) atoms. The molecule has 0 aromatic heterocycles. The molecule has 1 aliphatic heterocycles. The average molecular weight is 157 g/mol. The number of nitrogens with one attached hydrogen (secondary N) is 1. The molecule has 3 N–H and O–H groups in total. The molecule has 4 nitrogen and oxygen atoms in total. The van der Waals surface area contributed by atoms with Crippen LogP contribution < -0.4 is 11.2 Å². The van der Waals surface area contributed by atoms with Gasteiger partial charge < -0.3 is 5.73 Å². The summed E-state index contributed by atoms with van der Waals surface area (Å²) in [6.45, 7) is 5.11. The standard InChI is InChI=1S/C7H15N3O/c1-7(2)5-6(11)10(9-7)4-3-8/h9H,3-5,8H2,1-2H3. The normalized spacial score (nSPS) is 22.8. The zero-order valence-corrected chi connectivity index (χ0v) is 7.05. The van der Waals surface area contributed by atoms with Crippen LogP contribution in [0.15, 0.2) is 0 Å². The molecule has 0 unspecified atom stereocenters. The second-order valence-corrected chi connectivity index (χ2v) is 3.51. The third-order valence-corrected chi connectivity index (χ3v) is 1.68. The van der Waals surface area contributed by atoms with Gasteiger partial charge in [-0.25, -0.2) is 5.43 Å². The van der Waals surface area contributed by atoms with Crippen molar-refractivity contribution in [3.63, 3.8) is 0 Å². The molecule has 0 saturated carbocycles. The van der Waals surface area contributed by atoms with E-state index in [1.165, 1.54) is 0 Å². The molecule has 0 radical (unpaired) electrons. The summed E-state index contributed by atoms with van der Waals surface area (Å²) in [5, 5.41) is 1.60. The summed E-state index contributed by atoms with van der Waals surface area (Å²) in [6, 6.07) is 0. The minimum absolute atomic E-state index is 0.0910. The molecule has 1 heterocycles. The van der Waals surface area contributed by atoms with Crippen molar-refractivity contribution in [3.8, 4) is 0 Å². The van der Waals surface area contributed by atoms with E-state index < -0.39 is 0 Å². The molecule has 4 heteroatoms. The summed E-state index contributed by atoms with van der Waals surface area (Å²) in [6.07, 6.45) is 0.562. The molecule has 1 saturated heterocycles. The first kappa shape index (κ1) is 8.49. The third kappa shape index (κ3) is 1.91. The van der Waals surface area contributed by atoms with Gasteiger partial charge in [-0.1, -0.05) is 0 Å². The van der Waals surface area contributed by atoms with Crippen LogP contribution in [0, 0.1) is 0 Å². The topological polar surface area (TPSA) is 58.4 Å². The third-order valence-electron chi connectivity index (χ3n) is 1.68. The van der Waals surface area contributed by atoms with E-state index in [9.17, 15) is 4.79 Å². The Morgan fingerprint density at radius 2 is 2.36 bits per heavy atom. The fourth-order valence-electron chi connectivity index (χ4n) is 1.25. The number of hydrogen-bond donors (Lipinski definition) is 2. The van der Waals surface area contributed by atoms with Gasteiger partial charge in [-0.2, -0.15) is 0 Å². The smallest absolute Gasteiger partial charge is 0.238 e. The summed E-state index contributed by atoms with van der Waals surface area (Å²) in [4.78, 5) is 11.2. The van der Waals surface area contributed by atoms with Crippen molar-refractivity contribution in [2.75, 3.05) is 13.1 Å². The Balaban J connectivity index is 2.52. The van der Waals surface area contributed by atoms with E-state index in [2.05, 4.69) is 5.43 Å². The van der Waals surface area contributed by atoms with Crippen molar-refractivity contribution in [2.45, 2.75) is 25.8 Å². The van der Waals surface area contributed by atoms with E-state index in [4.69, 9.17) is 5.73 Å². The van der Waals surface area contributed by atoms with Crippen molar-refractivity contribution in [1.82, 2.24) is 10.4 Å². The monoisotopic (exact) mass is 157 g/mol. The second-order valence-electron chi connectivity index (χ2n) is 3.51. The number of amides is 1. The van der Waals surface area contributed by atoms with Gasteiger partial charge in [0.2, 0.25) is 5.91 Å². The highest BCUT2D eigenvalue weighted by Gasteiger charge is 2.34. The van der Waals surface area contributed by atoms with Gasteiger partial charge >= 0.3 is 0 Å². The van der Waals surface area contributed by atoms with Crippen LogP contribution in [0.3, 0.4) is 0 Å². The Morgan fingerprint density at radius 1 is 1.73 bits per heavy atom. The number of carbonyl (C=O) groups excluding carboxylic acids is 1. The zero-order chi connectivity index (χ0) is 8.48. The van der Waals surface area contributed by atoms with Crippen LogP contribution in [0.1, 0.15) is 20.3 Å². The maximum atomic E-state index is 11.2. The molecule has 0 aliphatic carbocycles. The second kappa shape index (κ2) is 2.79. The summed E-state index contributed by atoms with van der Waals surface area (Å²) >= 11 is 0. The van der Waals surface area contributed by atoms with Crippen molar-refractivity contribution in [3.05, 3.63) is 0 Å². The number of hydrogen-bond acceptors (Lipinski definition) is 3. The lowest BCUT2D eigenvalue weighted by Gasteiger charge is -2.20. The summed E-state index contributed by atoms with van der Waals surface area (Å²) in [5.41, 5.74) is 8.32. The first-order chi connectivity index (χ1) is 5.05. The van der Waals surface area contributed by atoms with Crippen LogP contribution in [0.4, 0.5) is 0 Å². The van der Waals surface area contributed by atoms with Crippen molar-refractivity contribution in [2.24, 2.45) is 5.73 Å². The lowest BCUT2D eigenvalue weighted by molar-refractivity contribution is -0.129. The van der Waals surface area contributed by atoms with E-state index in [0.29, 0.717) is 19.5 Å². The van der Waals surface area contributed by atoms with E-state index in [-0.39, 0.29) is 11.4 Å². The maximum absolute atomic E-state index is 11.2. The molecule has 0 spiro atoms. The Hall–Kier alpha value is -0.610. The van der Waals surface area contributed by atoms with Crippen LogP contribution in [-0.4, -0.2) is 29.5 Å². The van der Waals surface area contributed by atoms with E-state index in [0.717, 1.165) is 0 Å². The highest BCUT2D eigenvalue weighted by Crippen LogP contribution is 2.17. The van der Waals surface area contributed by atoms with Crippen LogP contribution in [-0.2, 0) is 4.79 Å². The van der Waals surface area contributed by atoms with E-state index in [1.54, 1.807) is 5.01 Å². The highest BCUT2D eigenvalue weighted by atomic mass is 16.2. The van der Waals surface area contributed by atoms with Gasteiger partial charge in [0.15, 0.2) is 0 Å². The van der Waals surface area contributed by atoms with Crippen molar-refractivity contribution in [1.29, 1.82) is 0 Å². The number of nitrogens with two attached hydrogens (primary N) is 1. The summed E-state index contributed by atoms with van der Waals surface area (Å²) in [5.74, 6) is 0.139. The lowest BCUT2D eigenvalue weighted by Crippen LogP contribution is -2.44. The molecule has 1 rings (SSSR count). The van der Waals surface area contributed by atoms with Gasteiger partial charge in [-0.05, 0) is 13.8 Å². The molecule has 0 aromatic carbocycles. The number of hydrazine groups is 1. The quantitative estimate of drug-likeness (QED) is 0.566. The Morgan fingerprint density at radius 3 is 2.73 bits per heavy atom. The molecule has 1 amide bonds. The first-order valence-corrected chi connectivity index (χ1v) is 3.83. The van der Waals surface area contributed by atoms with Crippen molar-refractivity contribution < 1.29 is 4.79 Å². The molecule has 1 fully saturated rings. The molecular weight excluding hydrogens is 142 g/mol.